The molecule has 1 aromatic rings. The molecule has 7 heteroatoms. The first-order valence-electron chi connectivity index (χ1n) is 6.94. The fraction of sp³-hybridized carbons (Fsp3) is 0.571. The summed E-state index contributed by atoms with van der Waals surface area (Å²) in [4.78, 5) is 24.7. The van der Waals surface area contributed by atoms with Crippen molar-refractivity contribution in [3.63, 3.8) is 0 Å². The van der Waals surface area contributed by atoms with Gasteiger partial charge in [0.1, 0.15) is 0 Å². The van der Waals surface area contributed by atoms with E-state index >= 15 is 0 Å². The maximum atomic E-state index is 12.0. The molecule has 21 heavy (non-hydrogen) atoms. The summed E-state index contributed by atoms with van der Waals surface area (Å²) in [6, 6.07) is 3.76. The van der Waals surface area contributed by atoms with Crippen molar-refractivity contribution in [2.24, 2.45) is 0 Å². The first-order valence-corrected chi connectivity index (χ1v) is 8.16. The zero-order valence-corrected chi connectivity index (χ0v) is 13.0. The van der Waals surface area contributed by atoms with E-state index in [1.165, 1.54) is 11.8 Å². The highest BCUT2D eigenvalue weighted by molar-refractivity contribution is 7.98. The molecule has 6 nitrogen and oxygen atoms in total. The average Bonchev–Trinajstić information content (AvgIpc) is 2.88. The van der Waals surface area contributed by atoms with Gasteiger partial charge >= 0.3 is 5.97 Å². The molecule has 0 unspecified atom stereocenters. The lowest BCUT2D eigenvalue weighted by molar-refractivity contribution is -0.139. The van der Waals surface area contributed by atoms with Crippen LogP contribution < -0.4 is 5.32 Å². The third-order valence-corrected chi connectivity index (χ3v) is 4.34. The highest BCUT2D eigenvalue weighted by Crippen LogP contribution is 2.26. The molecule has 0 saturated heterocycles. The van der Waals surface area contributed by atoms with Gasteiger partial charge in [0.05, 0.1) is 6.54 Å². The minimum atomic E-state index is -0.815. The second-order valence-electron chi connectivity index (χ2n) is 5.08. The number of hydrogen-bond donors (Lipinski definition) is 2. The number of aliphatic carboxylic acids is 1. The lowest BCUT2D eigenvalue weighted by Crippen LogP contribution is -2.54. The first-order chi connectivity index (χ1) is 10.0. The van der Waals surface area contributed by atoms with Gasteiger partial charge in [0, 0.05) is 12.1 Å². The molecule has 1 saturated carbocycles. The highest BCUT2D eigenvalue weighted by atomic mass is 32.2. The number of furan rings is 1. The predicted octanol–water partition coefficient (Wildman–Crippen LogP) is 1.67. The van der Waals surface area contributed by atoms with Crippen molar-refractivity contribution in [1.82, 2.24) is 10.2 Å². The number of hydrogen-bond acceptors (Lipinski definition) is 5. The van der Waals surface area contributed by atoms with Crippen LogP contribution in [0.5, 0.6) is 0 Å². The van der Waals surface area contributed by atoms with E-state index in [1.807, 2.05) is 18.1 Å². The number of rotatable bonds is 7. The number of amides is 1. The van der Waals surface area contributed by atoms with Crippen molar-refractivity contribution >= 4 is 23.6 Å². The molecule has 0 radical (unpaired) electrons. The molecule has 0 aromatic carbocycles. The molecule has 0 bridgehead atoms. The number of nitrogens with one attached hydrogen (secondary N) is 1. The Labute approximate surface area is 127 Å². The van der Waals surface area contributed by atoms with E-state index in [1.54, 1.807) is 12.1 Å². The Balaban J connectivity index is 1.79. The number of carboxylic acids is 1. The zero-order valence-electron chi connectivity index (χ0n) is 12.2. The first kappa shape index (κ1) is 15.9. The lowest BCUT2D eigenvalue weighted by atomic mass is 9.85. The molecule has 1 aliphatic rings. The molecular formula is C14H20N2O4S. The minimum Gasteiger partial charge on any atom is -0.480 e. The fourth-order valence-electron chi connectivity index (χ4n) is 2.49. The normalized spacial score (nSPS) is 21.1. The standard InChI is InChI=1S/C14H20N2O4S/c1-3-16(8-12(17)18)10-6-9(7-10)15-14(19)11-4-5-13(20-11)21-2/h4-5,9-10H,3,6-8H2,1-2H3,(H,15,19)(H,17,18). The fourth-order valence-corrected chi connectivity index (χ4v) is 2.86. The van der Waals surface area contributed by atoms with Gasteiger partial charge in [-0.05, 0) is 37.8 Å². The minimum absolute atomic E-state index is 0.0527. The van der Waals surface area contributed by atoms with Crippen LogP contribution in [0.1, 0.15) is 30.3 Å². The molecule has 116 valence electrons. The second-order valence-corrected chi connectivity index (χ2v) is 5.89. The van der Waals surface area contributed by atoms with Crippen LogP contribution in [0.15, 0.2) is 21.6 Å². The van der Waals surface area contributed by atoms with Crippen molar-refractivity contribution in [2.75, 3.05) is 19.3 Å². The van der Waals surface area contributed by atoms with Crippen molar-refractivity contribution < 1.29 is 19.1 Å². The molecule has 1 fully saturated rings. The summed E-state index contributed by atoms with van der Waals surface area (Å²) in [5, 5.41) is 12.5. The van der Waals surface area contributed by atoms with E-state index in [9.17, 15) is 9.59 Å². The van der Waals surface area contributed by atoms with Gasteiger partial charge in [-0.2, -0.15) is 0 Å². The molecule has 0 aliphatic heterocycles. The largest absolute Gasteiger partial charge is 0.480 e. The maximum absolute atomic E-state index is 12.0. The number of likely N-dealkylation sites (N-methyl/N-ethyl adjacent to an activating group) is 1. The van der Waals surface area contributed by atoms with Gasteiger partial charge < -0.3 is 14.8 Å². The number of carbonyl (C=O) groups is 2. The van der Waals surface area contributed by atoms with Gasteiger partial charge in [-0.3, -0.25) is 14.5 Å². The van der Waals surface area contributed by atoms with Crippen LogP contribution in [-0.2, 0) is 4.79 Å². The van der Waals surface area contributed by atoms with Gasteiger partial charge in [-0.1, -0.05) is 18.7 Å². The summed E-state index contributed by atoms with van der Waals surface area (Å²) in [6.07, 6.45) is 3.45. The summed E-state index contributed by atoms with van der Waals surface area (Å²) in [5.41, 5.74) is 0. The molecule has 1 aliphatic carbocycles. The lowest BCUT2D eigenvalue weighted by Gasteiger charge is -2.42. The van der Waals surface area contributed by atoms with Crippen molar-refractivity contribution in [3.05, 3.63) is 17.9 Å². The number of nitrogens with zero attached hydrogens (tertiary/aromatic N) is 1. The van der Waals surface area contributed by atoms with Gasteiger partial charge in [0.25, 0.3) is 5.91 Å². The molecule has 0 atom stereocenters. The Bertz CT molecular complexity index is 511. The third-order valence-electron chi connectivity index (χ3n) is 3.72. The monoisotopic (exact) mass is 312 g/mol. The Hall–Kier alpha value is -1.47. The van der Waals surface area contributed by atoms with Crippen molar-refractivity contribution in [2.45, 2.75) is 36.9 Å². The Morgan fingerprint density at radius 1 is 1.48 bits per heavy atom. The van der Waals surface area contributed by atoms with Crippen molar-refractivity contribution in [3.8, 4) is 0 Å². The van der Waals surface area contributed by atoms with Crippen LogP contribution in [-0.4, -0.2) is 53.3 Å². The Kier molecular flexibility index (Phi) is 5.30. The Morgan fingerprint density at radius 2 is 2.19 bits per heavy atom. The predicted molar refractivity (Wildman–Crippen MR) is 79.6 cm³/mol. The van der Waals surface area contributed by atoms with E-state index < -0.39 is 5.97 Å². The summed E-state index contributed by atoms with van der Waals surface area (Å²) in [6.45, 7) is 2.70. The van der Waals surface area contributed by atoms with E-state index in [0.717, 1.165) is 12.8 Å². The molecule has 1 amide bonds. The molecule has 2 rings (SSSR count). The van der Waals surface area contributed by atoms with Gasteiger partial charge in [-0.15, -0.1) is 0 Å². The van der Waals surface area contributed by atoms with Crippen molar-refractivity contribution in [1.29, 1.82) is 0 Å². The van der Waals surface area contributed by atoms with Crippen LogP contribution in [0.4, 0.5) is 0 Å². The molecule has 1 heterocycles. The van der Waals surface area contributed by atoms with E-state index in [2.05, 4.69) is 5.32 Å². The van der Waals surface area contributed by atoms with Gasteiger partial charge in [0.2, 0.25) is 0 Å². The van der Waals surface area contributed by atoms with Gasteiger partial charge in [-0.25, -0.2) is 0 Å². The van der Waals surface area contributed by atoms with Crippen LogP contribution in [0, 0.1) is 0 Å². The van der Waals surface area contributed by atoms with Crippen LogP contribution in [0.25, 0.3) is 0 Å². The highest BCUT2D eigenvalue weighted by Gasteiger charge is 2.35. The van der Waals surface area contributed by atoms with Gasteiger partial charge in [0.15, 0.2) is 10.9 Å². The maximum Gasteiger partial charge on any atom is 0.317 e. The molecule has 0 spiro atoms. The smallest absolute Gasteiger partial charge is 0.317 e. The van der Waals surface area contributed by atoms with Crippen LogP contribution >= 0.6 is 11.8 Å². The molecule has 2 N–H and O–H groups in total. The van der Waals surface area contributed by atoms with Crippen LogP contribution in [0.3, 0.4) is 0 Å². The molecule has 1 aromatic heterocycles. The number of carbonyl (C=O) groups excluding carboxylic acids is 1. The summed E-state index contributed by atoms with van der Waals surface area (Å²) < 4.78 is 5.37. The number of carboxylic acid groups (broad SMARTS) is 1. The average molecular weight is 312 g/mol. The zero-order chi connectivity index (χ0) is 15.4. The summed E-state index contributed by atoms with van der Waals surface area (Å²) in [7, 11) is 0. The summed E-state index contributed by atoms with van der Waals surface area (Å²) in [5.74, 6) is -0.703. The van der Waals surface area contributed by atoms with E-state index in [4.69, 9.17) is 9.52 Å². The third kappa shape index (κ3) is 4.01. The number of thioether (sulfide) groups is 1. The van der Waals surface area contributed by atoms with E-state index in [-0.39, 0.29) is 24.5 Å². The topological polar surface area (TPSA) is 82.8 Å². The van der Waals surface area contributed by atoms with E-state index in [0.29, 0.717) is 17.4 Å². The second kappa shape index (κ2) is 7.00. The molecular weight excluding hydrogens is 292 g/mol. The quantitative estimate of drug-likeness (QED) is 0.745. The summed E-state index contributed by atoms with van der Waals surface area (Å²) >= 11 is 1.45. The Morgan fingerprint density at radius 3 is 2.71 bits per heavy atom. The van der Waals surface area contributed by atoms with Crippen LogP contribution in [0.2, 0.25) is 0 Å². The SMILES string of the molecule is CCN(CC(=O)O)C1CC(NC(=O)c2ccc(SC)o2)C1.